The third kappa shape index (κ3) is 3.22. The van der Waals surface area contributed by atoms with Crippen LogP contribution in [0.2, 0.25) is 0 Å². The topological polar surface area (TPSA) is 25.2 Å². The molecule has 3 nitrogen and oxygen atoms in total. The summed E-state index contributed by atoms with van der Waals surface area (Å²) >= 11 is 1.67. The van der Waals surface area contributed by atoms with Gasteiger partial charge in [-0.1, -0.05) is 42.5 Å². The average molecular weight is 324 g/mol. The number of carbonyl (C=O) groups is 1. The summed E-state index contributed by atoms with van der Waals surface area (Å²) in [5, 5.41) is 2.07. The fraction of sp³-hybridized carbons (Fsp3) is 0.211. The number of nitrogens with zero attached hydrogens (tertiary/aromatic N) is 2. The molecule has 2 heterocycles. The van der Waals surface area contributed by atoms with Crippen molar-refractivity contribution in [2.75, 3.05) is 7.05 Å². The van der Waals surface area contributed by atoms with E-state index in [1.807, 2.05) is 56.4 Å². The molecule has 0 saturated heterocycles. The summed E-state index contributed by atoms with van der Waals surface area (Å²) < 4.78 is 3.25. The largest absolute Gasteiger partial charge is 0.336 e. The van der Waals surface area contributed by atoms with Gasteiger partial charge in [0.05, 0.1) is 10.2 Å². The molecule has 3 rings (SSSR count). The maximum Gasteiger partial charge on any atom is 0.270 e. The van der Waals surface area contributed by atoms with Crippen molar-refractivity contribution >= 4 is 27.5 Å². The summed E-state index contributed by atoms with van der Waals surface area (Å²) in [5.41, 5.74) is 3.02. The van der Waals surface area contributed by atoms with Crippen molar-refractivity contribution in [3.05, 3.63) is 71.3 Å². The summed E-state index contributed by atoms with van der Waals surface area (Å²) in [6.07, 6.45) is 4.09. The minimum absolute atomic E-state index is 0.0572. The Morgan fingerprint density at radius 1 is 1.26 bits per heavy atom. The van der Waals surface area contributed by atoms with Crippen LogP contribution < -0.4 is 0 Å². The van der Waals surface area contributed by atoms with E-state index in [-0.39, 0.29) is 5.91 Å². The Labute approximate surface area is 140 Å². The van der Waals surface area contributed by atoms with Gasteiger partial charge in [0.1, 0.15) is 5.69 Å². The Morgan fingerprint density at radius 2 is 2.04 bits per heavy atom. The van der Waals surface area contributed by atoms with E-state index in [0.29, 0.717) is 6.54 Å². The molecule has 1 amide bonds. The molecule has 23 heavy (non-hydrogen) atoms. The summed E-state index contributed by atoms with van der Waals surface area (Å²) in [7, 11) is 1.86. The molecule has 4 heteroatoms. The van der Waals surface area contributed by atoms with E-state index >= 15 is 0 Å². The van der Waals surface area contributed by atoms with Crippen molar-refractivity contribution in [1.82, 2.24) is 9.47 Å². The van der Waals surface area contributed by atoms with Gasteiger partial charge in [-0.3, -0.25) is 4.79 Å². The van der Waals surface area contributed by atoms with E-state index in [2.05, 4.69) is 22.1 Å². The number of carbonyl (C=O) groups excluding carboxylic acids is 1. The number of benzene rings is 1. The lowest BCUT2D eigenvalue weighted by Gasteiger charge is -2.18. The van der Waals surface area contributed by atoms with E-state index in [0.717, 1.165) is 28.0 Å². The van der Waals surface area contributed by atoms with Gasteiger partial charge in [0, 0.05) is 20.1 Å². The standard InChI is InChI=1S/C19H20N2OS/c1-3-4-11-21-16-10-12-23-18(16)13-17(21)19(22)20(2)14-15-8-6-5-7-9-15/h3-10,12-13H,11,14H2,1-2H3/b4-3+. The maximum absolute atomic E-state index is 12.9. The first kappa shape index (κ1) is 15.6. The Hall–Kier alpha value is -2.33. The number of allylic oxidation sites excluding steroid dienone is 2. The minimum Gasteiger partial charge on any atom is -0.336 e. The molecule has 0 spiro atoms. The third-order valence-electron chi connectivity index (χ3n) is 3.87. The first-order valence-corrected chi connectivity index (χ1v) is 8.56. The van der Waals surface area contributed by atoms with Crippen molar-refractivity contribution in [3.63, 3.8) is 0 Å². The van der Waals surface area contributed by atoms with Crippen molar-refractivity contribution in [1.29, 1.82) is 0 Å². The van der Waals surface area contributed by atoms with E-state index in [1.165, 1.54) is 0 Å². The van der Waals surface area contributed by atoms with E-state index in [1.54, 1.807) is 16.2 Å². The predicted molar refractivity (Wildman–Crippen MR) is 96.9 cm³/mol. The molecule has 0 saturated carbocycles. The Bertz CT molecular complexity index is 830. The Kier molecular flexibility index (Phi) is 4.63. The molecule has 0 aliphatic rings. The monoisotopic (exact) mass is 324 g/mol. The lowest BCUT2D eigenvalue weighted by molar-refractivity contribution is 0.0775. The molecular weight excluding hydrogens is 304 g/mol. The molecule has 0 unspecified atom stereocenters. The normalized spacial score (nSPS) is 11.4. The van der Waals surface area contributed by atoms with Gasteiger partial charge in [-0.15, -0.1) is 11.3 Å². The fourth-order valence-corrected chi connectivity index (χ4v) is 3.51. The van der Waals surface area contributed by atoms with Crippen LogP contribution in [-0.2, 0) is 13.1 Å². The van der Waals surface area contributed by atoms with Gasteiger partial charge < -0.3 is 9.47 Å². The maximum atomic E-state index is 12.9. The number of rotatable bonds is 5. The Morgan fingerprint density at radius 3 is 2.78 bits per heavy atom. The first-order chi connectivity index (χ1) is 11.2. The lowest BCUT2D eigenvalue weighted by atomic mass is 10.2. The molecule has 0 fully saturated rings. The molecule has 0 radical (unpaired) electrons. The van der Waals surface area contributed by atoms with E-state index in [9.17, 15) is 4.79 Å². The average Bonchev–Trinajstić information content (AvgIpc) is 3.14. The molecule has 0 bridgehead atoms. The van der Waals surface area contributed by atoms with E-state index < -0.39 is 0 Å². The van der Waals surface area contributed by atoms with Crippen LogP contribution in [0.15, 0.2) is 60.0 Å². The van der Waals surface area contributed by atoms with Crippen LogP contribution in [0.25, 0.3) is 10.2 Å². The summed E-state index contributed by atoms with van der Waals surface area (Å²) in [6, 6.07) is 14.2. The smallest absolute Gasteiger partial charge is 0.270 e. The zero-order valence-corrected chi connectivity index (χ0v) is 14.2. The number of hydrogen-bond donors (Lipinski definition) is 0. The molecule has 1 aromatic carbocycles. The van der Waals surface area contributed by atoms with Crippen LogP contribution in [0, 0.1) is 0 Å². The second-order valence-corrected chi connectivity index (χ2v) is 6.47. The summed E-state index contributed by atoms with van der Waals surface area (Å²) in [4.78, 5) is 14.7. The molecular formula is C19H20N2OS. The summed E-state index contributed by atoms with van der Waals surface area (Å²) in [5.74, 6) is 0.0572. The second-order valence-electron chi connectivity index (χ2n) is 5.53. The lowest BCUT2D eigenvalue weighted by Crippen LogP contribution is -2.28. The SMILES string of the molecule is C/C=C/Cn1c(C(=O)N(C)Cc2ccccc2)cc2sccc21. The number of amides is 1. The summed E-state index contributed by atoms with van der Waals surface area (Å²) in [6.45, 7) is 3.33. The molecule has 0 aliphatic heterocycles. The molecule has 0 atom stereocenters. The van der Waals surface area contributed by atoms with Crippen molar-refractivity contribution in [2.45, 2.75) is 20.0 Å². The molecule has 0 aliphatic carbocycles. The number of aromatic nitrogens is 1. The van der Waals surface area contributed by atoms with Gasteiger partial charge in [0.15, 0.2) is 0 Å². The number of hydrogen-bond acceptors (Lipinski definition) is 2. The van der Waals surface area contributed by atoms with Crippen LogP contribution >= 0.6 is 11.3 Å². The van der Waals surface area contributed by atoms with Crippen LogP contribution in [0.3, 0.4) is 0 Å². The first-order valence-electron chi connectivity index (χ1n) is 7.68. The van der Waals surface area contributed by atoms with Gasteiger partial charge in [0.2, 0.25) is 0 Å². The van der Waals surface area contributed by atoms with Gasteiger partial charge in [-0.05, 0) is 30.0 Å². The van der Waals surface area contributed by atoms with Crippen molar-refractivity contribution in [2.24, 2.45) is 0 Å². The molecule has 118 valence electrons. The van der Waals surface area contributed by atoms with Gasteiger partial charge in [0.25, 0.3) is 5.91 Å². The zero-order valence-electron chi connectivity index (χ0n) is 13.4. The number of thiophene rings is 1. The van der Waals surface area contributed by atoms with Gasteiger partial charge in [-0.25, -0.2) is 0 Å². The van der Waals surface area contributed by atoms with Crippen LogP contribution in [-0.4, -0.2) is 22.4 Å². The Balaban J connectivity index is 1.89. The quantitative estimate of drug-likeness (QED) is 0.632. The van der Waals surface area contributed by atoms with Crippen molar-refractivity contribution < 1.29 is 4.79 Å². The van der Waals surface area contributed by atoms with Crippen LogP contribution in [0.4, 0.5) is 0 Å². The second kappa shape index (κ2) is 6.84. The fourth-order valence-electron chi connectivity index (χ4n) is 2.69. The number of fused-ring (bicyclic) bond motifs is 1. The van der Waals surface area contributed by atoms with Crippen molar-refractivity contribution in [3.8, 4) is 0 Å². The highest BCUT2D eigenvalue weighted by molar-refractivity contribution is 7.17. The predicted octanol–water partition coefficient (Wildman–Crippen LogP) is 4.55. The molecule has 3 aromatic rings. The zero-order chi connectivity index (χ0) is 16.2. The van der Waals surface area contributed by atoms with Crippen LogP contribution in [0.5, 0.6) is 0 Å². The van der Waals surface area contributed by atoms with Gasteiger partial charge in [-0.2, -0.15) is 0 Å². The highest BCUT2D eigenvalue weighted by Crippen LogP contribution is 2.26. The molecule has 2 aromatic heterocycles. The van der Waals surface area contributed by atoms with Gasteiger partial charge >= 0.3 is 0 Å². The minimum atomic E-state index is 0.0572. The molecule has 0 N–H and O–H groups in total. The highest BCUT2D eigenvalue weighted by Gasteiger charge is 2.19. The van der Waals surface area contributed by atoms with E-state index in [4.69, 9.17) is 0 Å². The van der Waals surface area contributed by atoms with Crippen LogP contribution in [0.1, 0.15) is 23.0 Å². The third-order valence-corrected chi connectivity index (χ3v) is 4.73. The highest BCUT2D eigenvalue weighted by atomic mass is 32.1.